The van der Waals surface area contributed by atoms with Gasteiger partial charge in [-0.3, -0.25) is 0 Å². The number of carbonyl (C=O) groups is 1. The van der Waals surface area contributed by atoms with E-state index < -0.39 is 5.60 Å². The minimum absolute atomic E-state index is 0.0115. The van der Waals surface area contributed by atoms with E-state index in [0.717, 1.165) is 32.2 Å². The molecule has 4 nitrogen and oxygen atoms in total. The third-order valence-corrected chi connectivity index (χ3v) is 3.93. The highest BCUT2D eigenvalue weighted by atomic mass is 16.3. The summed E-state index contributed by atoms with van der Waals surface area (Å²) in [6, 6.07) is -0.0115. The van der Waals surface area contributed by atoms with Crippen LogP contribution in [0.2, 0.25) is 0 Å². The number of fused-ring (bicyclic) bond motifs is 1. The third-order valence-electron chi connectivity index (χ3n) is 3.93. The molecule has 1 saturated heterocycles. The predicted molar refractivity (Wildman–Crippen MR) is 57.6 cm³/mol. The smallest absolute Gasteiger partial charge is 0.317 e. The zero-order valence-electron chi connectivity index (χ0n) is 9.33. The lowest BCUT2D eigenvalue weighted by Crippen LogP contribution is -2.56. The van der Waals surface area contributed by atoms with Crippen molar-refractivity contribution in [3.63, 3.8) is 0 Å². The van der Waals surface area contributed by atoms with Gasteiger partial charge in [-0.2, -0.15) is 0 Å². The maximum absolute atomic E-state index is 11.5. The number of amides is 2. The fourth-order valence-electron chi connectivity index (χ4n) is 2.91. The number of piperidine rings is 1. The second-order valence-corrected chi connectivity index (χ2v) is 4.80. The number of hydrogen-bond acceptors (Lipinski definition) is 2. The van der Waals surface area contributed by atoms with E-state index in [1.54, 1.807) is 7.05 Å². The van der Waals surface area contributed by atoms with Gasteiger partial charge in [0, 0.05) is 26.1 Å². The molecular weight excluding hydrogens is 192 g/mol. The Hall–Kier alpha value is -0.770. The molecular formula is C11H20N2O2. The summed E-state index contributed by atoms with van der Waals surface area (Å²) in [5.41, 5.74) is -0.483. The van der Waals surface area contributed by atoms with Crippen molar-refractivity contribution >= 4 is 6.03 Å². The Labute approximate surface area is 90.6 Å². The van der Waals surface area contributed by atoms with Gasteiger partial charge in [-0.25, -0.2) is 4.79 Å². The van der Waals surface area contributed by atoms with Crippen LogP contribution in [0.15, 0.2) is 0 Å². The van der Waals surface area contributed by atoms with Gasteiger partial charge in [0.1, 0.15) is 0 Å². The van der Waals surface area contributed by atoms with Crippen LogP contribution in [0.25, 0.3) is 0 Å². The molecule has 86 valence electrons. The van der Waals surface area contributed by atoms with E-state index in [4.69, 9.17) is 0 Å². The average molecular weight is 212 g/mol. The Bertz CT molecular complexity index is 257. The molecule has 0 spiro atoms. The molecule has 2 unspecified atom stereocenters. The number of aliphatic hydroxyl groups is 1. The molecule has 1 saturated carbocycles. The van der Waals surface area contributed by atoms with Crippen LogP contribution in [0, 0.1) is 5.92 Å². The first-order valence-corrected chi connectivity index (χ1v) is 5.85. The maximum atomic E-state index is 11.5. The molecule has 2 amide bonds. The summed E-state index contributed by atoms with van der Waals surface area (Å²) in [4.78, 5) is 13.3. The normalized spacial score (nSPS) is 35.9. The van der Waals surface area contributed by atoms with Crippen LogP contribution in [-0.2, 0) is 0 Å². The molecule has 2 rings (SSSR count). The quantitative estimate of drug-likeness (QED) is 0.628. The van der Waals surface area contributed by atoms with Crippen LogP contribution in [0.5, 0.6) is 0 Å². The largest absolute Gasteiger partial charge is 0.389 e. The SMILES string of the molecule is CNC(=O)N1CCC2(O)CCCCC2C1. The number of urea groups is 1. The molecule has 0 aromatic rings. The molecule has 2 fully saturated rings. The fraction of sp³-hybridized carbons (Fsp3) is 0.909. The van der Waals surface area contributed by atoms with Crippen molar-refractivity contribution in [2.24, 2.45) is 5.92 Å². The number of nitrogens with zero attached hydrogens (tertiary/aromatic N) is 1. The van der Waals surface area contributed by atoms with Gasteiger partial charge in [-0.1, -0.05) is 12.8 Å². The Morgan fingerprint density at radius 2 is 2.27 bits per heavy atom. The molecule has 0 aromatic carbocycles. The van der Waals surface area contributed by atoms with E-state index in [1.807, 2.05) is 4.90 Å². The number of likely N-dealkylation sites (tertiary alicyclic amines) is 1. The monoisotopic (exact) mass is 212 g/mol. The molecule has 4 heteroatoms. The summed E-state index contributed by atoms with van der Waals surface area (Å²) in [5, 5.41) is 13.1. The van der Waals surface area contributed by atoms with Crippen molar-refractivity contribution in [2.45, 2.75) is 37.7 Å². The number of rotatable bonds is 0. The van der Waals surface area contributed by atoms with Gasteiger partial charge in [0.15, 0.2) is 0 Å². The lowest BCUT2D eigenvalue weighted by Gasteiger charge is -2.47. The molecule has 1 aliphatic carbocycles. The Kier molecular flexibility index (Phi) is 2.87. The van der Waals surface area contributed by atoms with Crippen molar-refractivity contribution in [3.05, 3.63) is 0 Å². The first kappa shape index (κ1) is 10.7. The Balaban J connectivity index is 2.02. The number of nitrogens with one attached hydrogen (secondary N) is 1. The molecule has 0 radical (unpaired) electrons. The summed E-state index contributed by atoms with van der Waals surface area (Å²) in [7, 11) is 1.66. The molecule has 2 N–H and O–H groups in total. The molecule has 1 aliphatic heterocycles. The van der Waals surface area contributed by atoms with E-state index in [2.05, 4.69) is 5.32 Å². The lowest BCUT2D eigenvalue weighted by atomic mass is 9.71. The van der Waals surface area contributed by atoms with Crippen LogP contribution < -0.4 is 5.32 Å². The van der Waals surface area contributed by atoms with E-state index in [9.17, 15) is 9.90 Å². The van der Waals surface area contributed by atoms with Crippen molar-refractivity contribution in [2.75, 3.05) is 20.1 Å². The minimum atomic E-state index is -0.483. The summed E-state index contributed by atoms with van der Waals surface area (Å²) in [6.45, 7) is 1.41. The first-order valence-electron chi connectivity index (χ1n) is 5.85. The predicted octanol–water partition coefficient (Wildman–Crippen LogP) is 0.953. The standard InChI is InChI=1S/C11H20N2O2/c1-12-10(14)13-7-6-11(15)5-3-2-4-9(11)8-13/h9,15H,2-8H2,1H3,(H,12,14). The first-order chi connectivity index (χ1) is 7.15. The zero-order valence-corrected chi connectivity index (χ0v) is 9.33. The van der Waals surface area contributed by atoms with Crippen LogP contribution in [-0.4, -0.2) is 41.8 Å². The van der Waals surface area contributed by atoms with Gasteiger partial charge in [-0.15, -0.1) is 0 Å². The zero-order chi connectivity index (χ0) is 10.9. The molecule has 1 heterocycles. The summed E-state index contributed by atoms with van der Waals surface area (Å²) < 4.78 is 0. The van der Waals surface area contributed by atoms with E-state index >= 15 is 0 Å². The third kappa shape index (κ3) is 1.95. The highest BCUT2D eigenvalue weighted by Crippen LogP contribution is 2.39. The summed E-state index contributed by atoms with van der Waals surface area (Å²) in [5.74, 6) is 0.289. The van der Waals surface area contributed by atoms with Crippen molar-refractivity contribution < 1.29 is 9.90 Å². The topological polar surface area (TPSA) is 52.6 Å². The van der Waals surface area contributed by atoms with Gasteiger partial charge in [0.25, 0.3) is 0 Å². The Morgan fingerprint density at radius 3 is 3.00 bits per heavy atom. The highest BCUT2D eigenvalue weighted by molar-refractivity contribution is 5.73. The second kappa shape index (κ2) is 4.00. The van der Waals surface area contributed by atoms with Gasteiger partial charge in [0.2, 0.25) is 0 Å². The fourth-order valence-corrected chi connectivity index (χ4v) is 2.91. The Morgan fingerprint density at radius 1 is 1.47 bits per heavy atom. The average Bonchev–Trinajstić information content (AvgIpc) is 2.26. The maximum Gasteiger partial charge on any atom is 0.317 e. The van der Waals surface area contributed by atoms with Crippen molar-refractivity contribution in [1.82, 2.24) is 10.2 Å². The van der Waals surface area contributed by atoms with E-state index in [1.165, 1.54) is 6.42 Å². The van der Waals surface area contributed by atoms with Gasteiger partial charge in [-0.05, 0) is 19.3 Å². The van der Waals surface area contributed by atoms with Crippen LogP contribution >= 0.6 is 0 Å². The van der Waals surface area contributed by atoms with Crippen molar-refractivity contribution in [1.29, 1.82) is 0 Å². The van der Waals surface area contributed by atoms with Crippen LogP contribution in [0.1, 0.15) is 32.1 Å². The highest BCUT2D eigenvalue weighted by Gasteiger charge is 2.43. The molecule has 15 heavy (non-hydrogen) atoms. The molecule has 0 aromatic heterocycles. The lowest BCUT2D eigenvalue weighted by molar-refractivity contribution is -0.0869. The van der Waals surface area contributed by atoms with Crippen LogP contribution in [0.4, 0.5) is 4.79 Å². The molecule has 0 bridgehead atoms. The van der Waals surface area contributed by atoms with Gasteiger partial charge < -0.3 is 15.3 Å². The summed E-state index contributed by atoms with van der Waals surface area (Å²) in [6.07, 6.45) is 5.04. The molecule has 2 aliphatic rings. The van der Waals surface area contributed by atoms with Crippen molar-refractivity contribution in [3.8, 4) is 0 Å². The number of hydrogen-bond donors (Lipinski definition) is 2. The van der Waals surface area contributed by atoms with E-state index in [-0.39, 0.29) is 11.9 Å². The van der Waals surface area contributed by atoms with Gasteiger partial charge >= 0.3 is 6.03 Å². The summed E-state index contributed by atoms with van der Waals surface area (Å²) >= 11 is 0. The minimum Gasteiger partial charge on any atom is -0.389 e. The molecule has 2 atom stereocenters. The van der Waals surface area contributed by atoms with E-state index in [0.29, 0.717) is 6.54 Å². The van der Waals surface area contributed by atoms with Gasteiger partial charge in [0.05, 0.1) is 5.60 Å². The number of carbonyl (C=O) groups excluding carboxylic acids is 1. The second-order valence-electron chi connectivity index (χ2n) is 4.80. The van der Waals surface area contributed by atoms with Crippen LogP contribution in [0.3, 0.4) is 0 Å².